The van der Waals surface area contributed by atoms with Gasteiger partial charge < -0.3 is 10.7 Å². The number of carbonyl (C=O) groups is 1. The molecule has 0 fully saturated rings. The summed E-state index contributed by atoms with van der Waals surface area (Å²) in [5.74, 6) is 0.167. The number of nitrogens with one attached hydrogen (secondary N) is 1. The van der Waals surface area contributed by atoms with Gasteiger partial charge in [-0.15, -0.1) is 0 Å². The molecule has 3 aromatic rings. The summed E-state index contributed by atoms with van der Waals surface area (Å²) in [6.07, 6.45) is 0. The van der Waals surface area contributed by atoms with Crippen LogP contribution in [0.1, 0.15) is 16.3 Å². The molecule has 0 atom stereocenters. The fourth-order valence-corrected chi connectivity index (χ4v) is 1.84. The molecule has 0 radical (unpaired) electrons. The van der Waals surface area contributed by atoms with Crippen LogP contribution in [-0.2, 0) is 0 Å². The molecule has 6 nitrogen and oxygen atoms in total. The SMILES string of the molecule is Cc1cc(N)n(C(=O)c2nc3ccccc3[nH]2)n1. The van der Waals surface area contributed by atoms with E-state index in [1.165, 1.54) is 0 Å². The molecule has 90 valence electrons. The number of benzene rings is 1. The normalized spacial score (nSPS) is 10.9. The zero-order valence-electron chi connectivity index (χ0n) is 9.71. The number of H-pyrrole nitrogens is 1. The molecule has 0 aliphatic heterocycles. The smallest absolute Gasteiger partial charge is 0.315 e. The first-order chi connectivity index (χ1) is 8.65. The molecule has 2 aromatic heterocycles. The van der Waals surface area contributed by atoms with Crippen molar-refractivity contribution in [3.63, 3.8) is 0 Å². The van der Waals surface area contributed by atoms with Crippen molar-refractivity contribution < 1.29 is 4.79 Å². The summed E-state index contributed by atoms with van der Waals surface area (Å²) >= 11 is 0. The van der Waals surface area contributed by atoms with Crippen LogP contribution in [0.2, 0.25) is 0 Å². The molecule has 0 unspecified atom stereocenters. The maximum Gasteiger partial charge on any atom is 0.315 e. The second-order valence-electron chi connectivity index (χ2n) is 4.03. The highest BCUT2D eigenvalue weighted by molar-refractivity contribution is 5.96. The van der Waals surface area contributed by atoms with Crippen LogP contribution in [0.15, 0.2) is 30.3 Å². The molecule has 1 aromatic carbocycles. The topological polar surface area (TPSA) is 89.6 Å². The molecular weight excluding hydrogens is 230 g/mol. The van der Waals surface area contributed by atoms with Gasteiger partial charge in [-0.05, 0) is 19.1 Å². The predicted molar refractivity (Wildman–Crippen MR) is 67.2 cm³/mol. The summed E-state index contributed by atoms with van der Waals surface area (Å²) in [6.45, 7) is 1.78. The molecule has 2 heterocycles. The number of imidazole rings is 1. The van der Waals surface area contributed by atoms with Crippen LogP contribution in [0.25, 0.3) is 11.0 Å². The number of hydrogen-bond acceptors (Lipinski definition) is 4. The van der Waals surface area contributed by atoms with Crippen molar-refractivity contribution in [2.75, 3.05) is 5.73 Å². The Morgan fingerprint density at radius 3 is 2.83 bits per heavy atom. The van der Waals surface area contributed by atoms with Gasteiger partial charge in [0.15, 0.2) is 5.82 Å². The number of nitrogens with zero attached hydrogens (tertiary/aromatic N) is 3. The predicted octanol–water partition coefficient (Wildman–Crippen LogP) is 1.34. The quantitative estimate of drug-likeness (QED) is 0.672. The molecule has 0 saturated heterocycles. The minimum atomic E-state index is -0.364. The number of carbonyl (C=O) groups excluding carboxylic acids is 1. The maximum atomic E-state index is 12.2. The van der Waals surface area contributed by atoms with Crippen LogP contribution in [-0.4, -0.2) is 25.7 Å². The average Bonchev–Trinajstić information content (AvgIpc) is 2.91. The first kappa shape index (κ1) is 10.5. The van der Waals surface area contributed by atoms with E-state index in [2.05, 4.69) is 15.1 Å². The van der Waals surface area contributed by atoms with E-state index in [4.69, 9.17) is 5.73 Å². The van der Waals surface area contributed by atoms with Crippen LogP contribution in [0.5, 0.6) is 0 Å². The lowest BCUT2D eigenvalue weighted by Gasteiger charge is -1.98. The highest BCUT2D eigenvalue weighted by atomic mass is 16.2. The van der Waals surface area contributed by atoms with Gasteiger partial charge in [-0.25, -0.2) is 4.98 Å². The lowest BCUT2D eigenvalue weighted by atomic mass is 10.3. The Kier molecular flexibility index (Phi) is 2.16. The fourth-order valence-electron chi connectivity index (χ4n) is 1.84. The van der Waals surface area contributed by atoms with Crippen molar-refractivity contribution in [3.8, 4) is 0 Å². The summed E-state index contributed by atoms with van der Waals surface area (Å²) < 4.78 is 1.15. The summed E-state index contributed by atoms with van der Waals surface area (Å²) in [4.78, 5) is 19.3. The Hall–Kier alpha value is -2.63. The number of hydrogen-bond donors (Lipinski definition) is 2. The van der Waals surface area contributed by atoms with E-state index in [-0.39, 0.29) is 11.7 Å². The monoisotopic (exact) mass is 241 g/mol. The van der Waals surface area contributed by atoms with Crippen molar-refractivity contribution in [2.24, 2.45) is 0 Å². The molecule has 0 aliphatic carbocycles. The Morgan fingerprint density at radius 2 is 2.17 bits per heavy atom. The minimum Gasteiger partial charge on any atom is -0.383 e. The Balaban J connectivity index is 2.09. The van der Waals surface area contributed by atoms with Crippen LogP contribution < -0.4 is 5.73 Å². The first-order valence-electron chi connectivity index (χ1n) is 5.47. The van der Waals surface area contributed by atoms with Gasteiger partial charge in [0.25, 0.3) is 0 Å². The number of aromatic nitrogens is 4. The lowest BCUT2D eigenvalue weighted by Crippen LogP contribution is -2.17. The average molecular weight is 241 g/mol. The number of para-hydroxylation sites is 2. The highest BCUT2D eigenvalue weighted by Gasteiger charge is 2.16. The van der Waals surface area contributed by atoms with Crippen LogP contribution in [0.4, 0.5) is 5.82 Å². The van der Waals surface area contributed by atoms with E-state index in [1.54, 1.807) is 13.0 Å². The second-order valence-corrected chi connectivity index (χ2v) is 4.03. The van der Waals surface area contributed by atoms with Gasteiger partial charge >= 0.3 is 5.91 Å². The van der Waals surface area contributed by atoms with E-state index < -0.39 is 0 Å². The Labute approximate surface area is 102 Å². The third-order valence-corrected chi connectivity index (χ3v) is 2.64. The first-order valence-corrected chi connectivity index (χ1v) is 5.47. The molecule has 3 N–H and O–H groups in total. The van der Waals surface area contributed by atoms with Gasteiger partial charge in [0.05, 0.1) is 16.7 Å². The zero-order chi connectivity index (χ0) is 12.7. The number of anilines is 1. The van der Waals surface area contributed by atoms with Crippen LogP contribution in [0, 0.1) is 6.92 Å². The van der Waals surface area contributed by atoms with Crippen LogP contribution >= 0.6 is 0 Å². The molecule has 6 heteroatoms. The molecule has 0 amide bonds. The van der Waals surface area contributed by atoms with Gasteiger partial charge in [0.2, 0.25) is 0 Å². The highest BCUT2D eigenvalue weighted by Crippen LogP contribution is 2.13. The summed E-state index contributed by atoms with van der Waals surface area (Å²) in [5, 5.41) is 4.04. The van der Waals surface area contributed by atoms with E-state index in [0.717, 1.165) is 15.7 Å². The van der Waals surface area contributed by atoms with Gasteiger partial charge in [-0.1, -0.05) is 12.1 Å². The van der Waals surface area contributed by atoms with Crippen LogP contribution in [0.3, 0.4) is 0 Å². The Bertz CT molecular complexity index is 707. The molecule has 0 bridgehead atoms. The van der Waals surface area contributed by atoms with Gasteiger partial charge in [-0.3, -0.25) is 4.79 Å². The van der Waals surface area contributed by atoms with Gasteiger partial charge in [0, 0.05) is 6.07 Å². The number of aryl methyl sites for hydroxylation is 1. The molecule has 18 heavy (non-hydrogen) atoms. The second kappa shape index (κ2) is 3.69. The minimum absolute atomic E-state index is 0.228. The number of fused-ring (bicyclic) bond motifs is 1. The van der Waals surface area contributed by atoms with Crippen molar-refractivity contribution >= 4 is 22.8 Å². The van der Waals surface area contributed by atoms with E-state index in [9.17, 15) is 4.79 Å². The standard InChI is InChI=1S/C12H11N5O/c1-7-6-10(13)17(16-7)12(18)11-14-8-4-2-3-5-9(8)15-11/h2-6H,13H2,1H3,(H,14,15). The number of rotatable bonds is 1. The van der Waals surface area contributed by atoms with Gasteiger partial charge in [0.1, 0.15) is 5.82 Å². The summed E-state index contributed by atoms with van der Waals surface area (Å²) in [5.41, 5.74) is 7.95. The third kappa shape index (κ3) is 1.55. The van der Waals surface area contributed by atoms with E-state index in [0.29, 0.717) is 11.5 Å². The van der Waals surface area contributed by atoms with Gasteiger partial charge in [-0.2, -0.15) is 9.78 Å². The zero-order valence-corrected chi connectivity index (χ0v) is 9.71. The molecule has 0 saturated carbocycles. The third-order valence-electron chi connectivity index (χ3n) is 2.64. The molecule has 0 aliphatic rings. The largest absolute Gasteiger partial charge is 0.383 e. The lowest BCUT2D eigenvalue weighted by molar-refractivity contribution is 0.0938. The molecular formula is C12H11N5O. The Morgan fingerprint density at radius 1 is 1.39 bits per heavy atom. The maximum absolute atomic E-state index is 12.2. The fraction of sp³-hybridized carbons (Fsp3) is 0.0833. The number of nitrogen functional groups attached to an aromatic ring is 1. The molecule has 0 spiro atoms. The van der Waals surface area contributed by atoms with E-state index in [1.807, 2.05) is 24.3 Å². The number of aromatic amines is 1. The van der Waals surface area contributed by atoms with Crippen molar-refractivity contribution in [3.05, 3.63) is 41.9 Å². The van der Waals surface area contributed by atoms with E-state index >= 15 is 0 Å². The summed E-state index contributed by atoms with van der Waals surface area (Å²) in [6, 6.07) is 9.07. The van der Waals surface area contributed by atoms with Crippen molar-refractivity contribution in [2.45, 2.75) is 6.92 Å². The number of nitrogens with two attached hydrogens (primary N) is 1. The molecule has 3 rings (SSSR count). The van der Waals surface area contributed by atoms with Crippen molar-refractivity contribution in [1.29, 1.82) is 0 Å². The van der Waals surface area contributed by atoms with Crippen molar-refractivity contribution in [1.82, 2.24) is 19.7 Å². The summed E-state index contributed by atoms with van der Waals surface area (Å²) in [7, 11) is 0.